The smallest absolute Gasteiger partial charge is 0.155 e. The van der Waals surface area contributed by atoms with Crippen LogP contribution in [0.1, 0.15) is 50.4 Å². The second-order valence-corrected chi connectivity index (χ2v) is 12.6. The number of nitrogens with zero attached hydrogens (tertiary/aromatic N) is 5. The summed E-state index contributed by atoms with van der Waals surface area (Å²) in [5.74, 6) is 0.679. The average Bonchev–Trinajstić information content (AvgIpc) is 3.35. The third-order valence-corrected chi connectivity index (χ3v) is 9.01. The molecule has 1 aromatic carbocycles. The van der Waals surface area contributed by atoms with E-state index in [9.17, 15) is 8.94 Å². The number of aromatic nitrogens is 3. The fourth-order valence-electron chi connectivity index (χ4n) is 4.88. The molecule has 0 bridgehead atoms. The molecule has 2 aromatic heterocycles. The summed E-state index contributed by atoms with van der Waals surface area (Å²) in [5, 5.41) is 4.42. The molecular weight excluding hydrogens is 505 g/mol. The molecule has 1 fully saturated rings. The first-order valence-electron chi connectivity index (χ1n) is 11.1. The van der Waals surface area contributed by atoms with E-state index < -0.39 is 16.1 Å². The number of rotatable bonds is 2. The van der Waals surface area contributed by atoms with Crippen molar-refractivity contribution in [3.63, 3.8) is 0 Å². The Morgan fingerprint density at radius 3 is 2.64 bits per heavy atom. The largest absolute Gasteiger partial charge is 0.591 e. The molecule has 1 aliphatic heterocycles. The third kappa shape index (κ3) is 3.88. The Balaban J connectivity index is 1.50. The molecule has 9 heteroatoms. The van der Waals surface area contributed by atoms with Gasteiger partial charge in [-0.05, 0) is 92.7 Å². The third-order valence-electron chi connectivity index (χ3n) is 6.70. The quantitative estimate of drug-likeness (QED) is 0.434. The van der Waals surface area contributed by atoms with Crippen LogP contribution in [0.5, 0.6) is 0 Å². The molecule has 3 aromatic rings. The Morgan fingerprint density at radius 1 is 1.21 bits per heavy atom. The van der Waals surface area contributed by atoms with Crippen LogP contribution in [0.2, 0.25) is 0 Å². The molecule has 0 saturated carbocycles. The van der Waals surface area contributed by atoms with Crippen molar-refractivity contribution in [1.29, 1.82) is 0 Å². The molecule has 6 nitrogen and oxygen atoms in total. The fraction of sp³-hybridized carbons (Fsp3) is 0.458. The first-order chi connectivity index (χ1) is 15.6. The molecule has 0 unspecified atom stereocenters. The van der Waals surface area contributed by atoms with Crippen molar-refractivity contribution in [1.82, 2.24) is 14.6 Å². The van der Waals surface area contributed by atoms with Crippen LogP contribution in [0.4, 0.5) is 10.2 Å². The number of anilines is 1. The van der Waals surface area contributed by atoms with Crippen molar-refractivity contribution in [3.8, 4) is 0 Å². The number of hydrogen-bond acceptors (Lipinski definition) is 5. The molecule has 3 heterocycles. The minimum atomic E-state index is -1.38. The predicted molar refractivity (Wildman–Crippen MR) is 134 cm³/mol. The minimum Gasteiger partial charge on any atom is -0.591 e. The van der Waals surface area contributed by atoms with Crippen LogP contribution >= 0.6 is 15.9 Å². The van der Waals surface area contributed by atoms with Crippen LogP contribution < -0.4 is 4.90 Å². The van der Waals surface area contributed by atoms with Gasteiger partial charge in [0.25, 0.3) is 0 Å². The summed E-state index contributed by atoms with van der Waals surface area (Å²) in [6, 6.07) is 6.87. The summed E-state index contributed by atoms with van der Waals surface area (Å²) in [5.41, 5.74) is 4.38. The van der Waals surface area contributed by atoms with Crippen LogP contribution in [-0.2, 0) is 17.8 Å². The maximum atomic E-state index is 14.0. The van der Waals surface area contributed by atoms with Gasteiger partial charge in [0, 0.05) is 24.1 Å². The van der Waals surface area contributed by atoms with E-state index in [1.807, 2.05) is 38.3 Å². The molecule has 1 spiro atoms. The molecular formula is C24H27BrFN5OS. The van der Waals surface area contributed by atoms with Crippen LogP contribution in [0.25, 0.3) is 5.52 Å². The van der Waals surface area contributed by atoms with E-state index in [0.717, 1.165) is 70.8 Å². The lowest BCUT2D eigenvalue weighted by Crippen LogP contribution is -2.44. The average molecular weight is 532 g/mol. The van der Waals surface area contributed by atoms with Crippen molar-refractivity contribution in [2.24, 2.45) is 9.81 Å². The van der Waals surface area contributed by atoms with Crippen molar-refractivity contribution in [2.45, 2.75) is 51.7 Å². The molecule has 33 heavy (non-hydrogen) atoms. The van der Waals surface area contributed by atoms with Crippen LogP contribution in [0.15, 0.2) is 39.5 Å². The second-order valence-electron chi connectivity index (χ2n) is 9.99. The highest BCUT2D eigenvalue weighted by Gasteiger charge is 2.48. The minimum absolute atomic E-state index is 0.239. The van der Waals surface area contributed by atoms with Gasteiger partial charge in [-0.25, -0.2) is 13.9 Å². The Bertz CT molecular complexity index is 1260. The Kier molecular flexibility index (Phi) is 5.57. The van der Waals surface area contributed by atoms with Crippen molar-refractivity contribution in [3.05, 3.63) is 57.7 Å². The van der Waals surface area contributed by atoms with E-state index in [0.29, 0.717) is 0 Å². The normalized spacial score (nSPS) is 20.1. The highest BCUT2D eigenvalue weighted by molar-refractivity contribution is 9.10. The molecule has 1 aliphatic carbocycles. The van der Waals surface area contributed by atoms with Gasteiger partial charge in [-0.1, -0.05) is 4.40 Å². The fourth-order valence-corrected chi connectivity index (χ4v) is 5.98. The Hall–Kier alpha value is -1.97. The van der Waals surface area contributed by atoms with E-state index in [1.165, 1.54) is 6.07 Å². The summed E-state index contributed by atoms with van der Waals surface area (Å²) in [6.45, 7) is 9.33. The lowest BCUT2D eigenvalue weighted by molar-refractivity contribution is 0.330. The number of halogens is 2. The van der Waals surface area contributed by atoms with Crippen molar-refractivity contribution in [2.75, 3.05) is 18.0 Å². The van der Waals surface area contributed by atoms with E-state index in [1.54, 1.807) is 18.3 Å². The van der Waals surface area contributed by atoms with Gasteiger partial charge in [-0.15, -0.1) is 0 Å². The van der Waals surface area contributed by atoms with E-state index in [2.05, 4.69) is 25.9 Å². The Labute approximate surface area is 204 Å². The lowest BCUT2D eigenvalue weighted by Gasteiger charge is -2.40. The van der Waals surface area contributed by atoms with E-state index in [4.69, 9.17) is 9.38 Å². The Morgan fingerprint density at radius 2 is 1.94 bits per heavy atom. The van der Waals surface area contributed by atoms with Gasteiger partial charge in [0.1, 0.15) is 37.8 Å². The molecule has 5 rings (SSSR count). The zero-order chi connectivity index (χ0) is 23.5. The van der Waals surface area contributed by atoms with Crippen molar-refractivity contribution >= 4 is 44.3 Å². The number of benzene rings is 1. The molecule has 0 N–H and O–H groups in total. The van der Waals surface area contributed by atoms with Gasteiger partial charge in [0.2, 0.25) is 0 Å². The van der Waals surface area contributed by atoms with Crippen LogP contribution in [-0.4, -0.2) is 42.7 Å². The maximum absolute atomic E-state index is 14.0. The van der Waals surface area contributed by atoms with Gasteiger partial charge in [-0.3, -0.25) is 0 Å². The molecule has 1 saturated heterocycles. The summed E-state index contributed by atoms with van der Waals surface area (Å²) < 4.78 is 34.1. The van der Waals surface area contributed by atoms with Crippen LogP contribution in [0, 0.1) is 18.2 Å². The zero-order valence-corrected chi connectivity index (χ0v) is 21.6. The molecule has 0 radical (unpaired) electrons. The number of hydrogen-bond donors (Lipinski definition) is 0. The molecule has 1 atom stereocenters. The van der Waals surface area contributed by atoms with Gasteiger partial charge in [0.15, 0.2) is 5.82 Å². The summed E-state index contributed by atoms with van der Waals surface area (Å²) in [6.07, 6.45) is 4.18. The molecule has 0 amide bonds. The second kappa shape index (κ2) is 8.06. The highest BCUT2D eigenvalue weighted by Crippen LogP contribution is 2.47. The molecule has 2 aliphatic rings. The summed E-state index contributed by atoms with van der Waals surface area (Å²) in [7, 11) is 0. The first-order valence-corrected chi connectivity index (χ1v) is 13.0. The van der Waals surface area contributed by atoms with Gasteiger partial charge in [0.05, 0.1) is 11.9 Å². The zero-order valence-electron chi connectivity index (χ0n) is 19.2. The van der Waals surface area contributed by atoms with Crippen LogP contribution in [0.3, 0.4) is 0 Å². The predicted octanol–water partition coefficient (Wildman–Crippen LogP) is 5.03. The maximum Gasteiger partial charge on any atom is 0.155 e. The topological polar surface area (TPSA) is 68.8 Å². The van der Waals surface area contributed by atoms with Gasteiger partial charge >= 0.3 is 0 Å². The standard InChI is InChI=1S/C24H27BrFN5OS/c1-15-21(25)31-19(7-10-27-31)22(28-15)30-11-8-24(9-12-30)14-16-13-17(26)5-6-18(16)20(24)29-33(32)23(2,3)4/h5-7,10,13H,8-9,11-12,14H2,1-4H3/b29-20+/t33-/m1/s1. The lowest BCUT2D eigenvalue weighted by atomic mass is 9.74. The summed E-state index contributed by atoms with van der Waals surface area (Å²) >= 11 is 2.20. The number of fused-ring (bicyclic) bond motifs is 2. The number of piperidine rings is 1. The molecule has 174 valence electrons. The van der Waals surface area contributed by atoms with Crippen molar-refractivity contribution < 1.29 is 8.94 Å². The summed E-state index contributed by atoms with van der Waals surface area (Å²) in [4.78, 5) is 7.15. The van der Waals surface area contributed by atoms with Gasteiger partial charge in [-0.2, -0.15) is 5.10 Å². The van der Waals surface area contributed by atoms with E-state index in [-0.39, 0.29) is 11.2 Å². The van der Waals surface area contributed by atoms with E-state index >= 15 is 0 Å². The number of aryl methyl sites for hydroxylation is 1. The first kappa shape index (κ1) is 22.8. The monoisotopic (exact) mass is 531 g/mol. The highest BCUT2D eigenvalue weighted by atomic mass is 79.9. The van der Waals surface area contributed by atoms with Gasteiger partial charge < -0.3 is 9.45 Å². The SMILES string of the molecule is Cc1nc(N2CCC3(CC2)Cc2cc(F)ccc2/C3=N\[S@+]([O-])C(C)(C)C)c2ccnn2c1Br.